The number of rotatable bonds is 7. The predicted octanol–water partition coefficient (Wildman–Crippen LogP) is 3.31. The fraction of sp³-hybridized carbons (Fsp3) is 0.409. The molecule has 2 aromatic rings. The molecule has 0 saturated heterocycles. The molecule has 0 spiro atoms. The minimum atomic E-state index is -0.279. The molecule has 0 radical (unpaired) electrons. The summed E-state index contributed by atoms with van der Waals surface area (Å²) in [6, 6.07) is 9.13. The van der Waals surface area contributed by atoms with Gasteiger partial charge < -0.3 is 24.8 Å². The highest BCUT2D eigenvalue weighted by atomic mass is 19.1. The van der Waals surface area contributed by atoms with E-state index in [0.29, 0.717) is 38.7 Å². The van der Waals surface area contributed by atoms with E-state index in [1.807, 2.05) is 19.9 Å². The summed E-state index contributed by atoms with van der Waals surface area (Å²) in [5.41, 5.74) is 3.79. The van der Waals surface area contributed by atoms with E-state index in [9.17, 15) is 4.39 Å². The highest BCUT2D eigenvalue weighted by Crippen LogP contribution is 2.29. The third-order valence-corrected chi connectivity index (χ3v) is 4.63. The van der Waals surface area contributed by atoms with E-state index in [4.69, 9.17) is 14.2 Å². The van der Waals surface area contributed by atoms with Crippen LogP contribution in [0.1, 0.15) is 29.2 Å². The summed E-state index contributed by atoms with van der Waals surface area (Å²) in [7, 11) is 1.72. The van der Waals surface area contributed by atoms with Gasteiger partial charge in [-0.2, -0.15) is 0 Å². The van der Waals surface area contributed by atoms with Gasteiger partial charge in [0, 0.05) is 31.3 Å². The first kappa shape index (κ1) is 20.9. The smallest absolute Gasteiger partial charge is 0.191 e. The van der Waals surface area contributed by atoms with Gasteiger partial charge in [0.25, 0.3) is 0 Å². The lowest BCUT2D eigenvalue weighted by Gasteiger charge is -2.21. The summed E-state index contributed by atoms with van der Waals surface area (Å²) in [6.45, 7) is 6.38. The van der Waals surface area contributed by atoms with E-state index in [2.05, 4.69) is 27.8 Å². The number of benzene rings is 2. The molecule has 0 amide bonds. The van der Waals surface area contributed by atoms with Crippen LogP contribution in [0.2, 0.25) is 0 Å². The maximum Gasteiger partial charge on any atom is 0.191 e. The number of ether oxygens (including phenoxy) is 3. The Morgan fingerprint density at radius 3 is 2.86 bits per heavy atom. The Morgan fingerprint density at radius 2 is 2.07 bits per heavy atom. The van der Waals surface area contributed by atoms with Crippen molar-refractivity contribution in [3.05, 3.63) is 58.4 Å². The van der Waals surface area contributed by atoms with Crippen LogP contribution in [-0.2, 0) is 24.3 Å². The first-order valence-electron chi connectivity index (χ1n) is 9.79. The lowest BCUT2D eigenvalue weighted by atomic mass is 10.1. The fourth-order valence-corrected chi connectivity index (χ4v) is 3.26. The Kier molecular flexibility index (Phi) is 7.30. The van der Waals surface area contributed by atoms with Gasteiger partial charge in [0.15, 0.2) is 12.8 Å². The number of halogens is 1. The topological polar surface area (TPSA) is 64.1 Å². The lowest BCUT2D eigenvalue weighted by Crippen LogP contribution is -2.38. The van der Waals surface area contributed by atoms with Gasteiger partial charge in [-0.1, -0.05) is 12.1 Å². The van der Waals surface area contributed by atoms with Crippen molar-refractivity contribution in [1.29, 1.82) is 0 Å². The van der Waals surface area contributed by atoms with E-state index in [1.54, 1.807) is 7.05 Å². The number of hydrogen-bond acceptors (Lipinski definition) is 4. The largest absolute Gasteiger partial charge is 0.494 e. The molecular weight excluding hydrogens is 373 g/mol. The Morgan fingerprint density at radius 1 is 1.21 bits per heavy atom. The predicted molar refractivity (Wildman–Crippen MR) is 111 cm³/mol. The summed E-state index contributed by atoms with van der Waals surface area (Å²) < 4.78 is 30.4. The van der Waals surface area contributed by atoms with E-state index in [1.165, 1.54) is 12.1 Å². The van der Waals surface area contributed by atoms with Crippen molar-refractivity contribution in [3.8, 4) is 11.5 Å². The van der Waals surface area contributed by atoms with E-state index >= 15 is 0 Å². The number of fused-ring (bicyclic) bond motifs is 1. The molecule has 7 heteroatoms. The molecule has 0 aromatic heterocycles. The zero-order valence-corrected chi connectivity index (χ0v) is 17.2. The Labute approximate surface area is 171 Å². The van der Waals surface area contributed by atoms with Crippen molar-refractivity contribution in [2.75, 3.05) is 27.0 Å². The first-order valence-corrected chi connectivity index (χ1v) is 9.79. The van der Waals surface area contributed by atoms with Gasteiger partial charge in [-0.3, -0.25) is 4.99 Å². The molecule has 2 N–H and O–H groups in total. The maximum absolute atomic E-state index is 13.9. The highest BCUT2D eigenvalue weighted by molar-refractivity contribution is 5.79. The second-order valence-electron chi connectivity index (χ2n) is 6.81. The SMILES string of the molecule is CCOc1cc(C)ccc1CNC(=NC)NCCc1cc(F)cc2c1OCOC2. The van der Waals surface area contributed by atoms with Crippen LogP contribution in [-0.4, -0.2) is 33.0 Å². The highest BCUT2D eigenvalue weighted by Gasteiger charge is 2.16. The van der Waals surface area contributed by atoms with Crippen LogP contribution in [0, 0.1) is 12.7 Å². The summed E-state index contributed by atoms with van der Waals surface area (Å²) in [6.07, 6.45) is 0.607. The van der Waals surface area contributed by atoms with Crippen molar-refractivity contribution in [2.45, 2.75) is 33.4 Å². The van der Waals surface area contributed by atoms with E-state index in [-0.39, 0.29) is 12.6 Å². The molecule has 0 saturated carbocycles. The molecule has 0 unspecified atom stereocenters. The number of nitrogens with one attached hydrogen (secondary N) is 2. The second kappa shape index (κ2) is 10.1. The molecule has 3 rings (SSSR count). The number of guanidine groups is 1. The van der Waals surface area contributed by atoms with Crippen molar-refractivity contribution in [1.82, 2.24) is 10.6 Å². The minimum Gasteiger partial charge on any atom is -0.494 e. The standard InChI is InChI=1S/C22H28FN3O3/c1-4-28-20-9-15(2)5-6-17(20)12-26-22(24-3)25-8-7-16-10-19(23)11-18-13-27-14-29-21(16)18/h5-6,9-11H,4,7-8,12-14H2,1-3H3,(H2,24,25,26). The van der Waals surface area contributed by atoms with E-state index < -0.39 is 0 Å². The molecule has 1 aliphatic rings. The van der Waals surface area contributed by atoms with Gasteiger partial charge in [0.05, 0.1) is 13.2 Å². The number of aryl methyl sites for hydroxylation is 1. The average molecular weight is 401 g/mol. The van der Waals surface area contributed by atoms with Crippen molar-refractivity contribution >= 4 is 5.96 Å². The normalized spacial score (nSPS) is 13.4. The van der Waals surface area contributed by atoms with Gasteiger partial charge in [-0.05, 0) is 49.6 Å². The quantitative estimate of drug-likeness (QED) is 0.551. The summed E-state index contributed by atoms with van der Waals surface area (Å²) in [5.74, 6) is 1.99. The third kappa shape index (κ3) is 5.60. The Balaban J connectivity index is 1.56. The fourth-order valence-electron chi connectivity index (χ4n) is 3.26. The van der Waals surface area contributed by atoms with Crippen molar-refractivity contribution in [3.63, 3.8) is 0 Å². The molecule has 156 valence electrons. The number of nitrogens with zero attached hydrogens (tertiary/aromatic N) is 1. The first-order chi connectivity index (χ1) is 14.1. The van der Waals surface area contributed by atoms with Crippen LogP contribution < -0.4 is 20.1 Å². The van der Waals surface area contributed by atoms with Crippen molar-refractivity contribution < 1.29 is 18.6 Å². The molecule has 2 aromatic carbocycles. The van der Waals surface area contributed by atoms with Gasteiger partial charge in [-0.25, -0.2) is 4.39 Å². The van der Waals surface area contributed by atoms with Gasteiger partial charge in [0.2, 0.25) is 0 Å². The zero-order chi connectivity index (χ0) is 20.6. The van der Waals surface area contributed by atoms with Crippen LogP contribution in [0.25, 0.3) is 0 Å². The van der Waals surface area contributed by atoms with Crippen LogP contribution in [0.3, 0.4) is 0 Å². The molecule has 1 heterocycles. The maximum atomic E-state index is 13.9. The average Bonchev–Trinajstić information content (AvgIpc) is 2.71. The van der Waals surface area contributed by atoms with Crippen LogP contribution >= 0.6 is 0 Å². The third-order valence-electron chi connectivity index (χ3n) is 4.63. The molecular formula is C22H28FN3O3. The molecule has 0 fully saturated rings. The molecule has 0 aliphatic carbocycles. The summed E-state index contributed by atoms with van der Waals surface area (Å²) in [4.78, 5) is 4.26. The monoisotopic (exact) mass is 401 g/mol. The number of aliphatic imine (C=N–C) groups is 1. The Hall–Kier alpha value is -2.80. The lowest BCUT2D eigenvalue weighted by molar-refractivity contribution is -0.0172. The molecule has 29 heavy (non-hydrogen) atoms. The second-order valence-corrected chi connectivity index (χ2v) is 6.81. The number of hydrogen-bond donors (Lipinski definition) is 2. The van der Waals surface area contributed by atoms with Gasteiger partial charge >= 0.3 is 0 Å². The summed E-state index contributed by atoms with van der Waals surface area (Å²) in [5, 5.41) is 6.56. The zero-order valence-electron chi connectivity index (χ0n) is 17.2. The van der Waals surface area contributed by atoms with Crippen LogP contribution in [0.4, 0.5) is 4.39 Å². The molecule has 6 nitrogen and oxygen atoms in total. The Bertz CT molecular complexity index is 871. The molecule has 0 atom stereocenters. The molecule has 0 bridgehead atoms. The van der Waals surface area contributed by atoms with E-state index in [0.717, 1.165) is 33.8 Å². The van der Waals surface area contributed by atoms with Crippen LogP contribution in [0.15, 0.2) is 35.3 Å². The van der Waals surface area contributed by atoms with Crippen LogP contribution in [0.5, 0.6) is 11.5 Å². The van der Waals surface area contributed by atoms with Crippen molar-refractivity contribution in [2.24, 2.45) is 4.99 Å². The van der Waals surface area contributed by atoms with Gasteiger partial charge in [0.1, 0.15) is 17.3 Å². The summed E-state index contributed by atoms with van der Waals surface area (Å²) >= 11 is 0. The molecule has 1 aliphatic heterocycles. The van der Waals surface area contributed by atoms with Gasteiger partial charge in [-0.15, -0.1) is 0 Å². The minimum absolute atomic E-state index is 0.195.